The van der Waals surface area contributed by atoms with E-state index in [0.29, 0.717) is 17.5 Å². The molecule has 4 aromatic rings. The molecule has 0 aliphatic carbocycles. The van der Waals surface area contributed by atoms with Crippen molar-refractivity contribution in [2.45, 2.75) is 33.1 Å². The highest BCUT2D eigenvalue weighted by atomic mass is 16.5. The van der Waals surface area contributed by atoms with Gasteiger partial charge in [-0.15, -0.1) is 0 Å². The molecule has 0 fully saturated rings. The first-order valence-corrected chi connectivity index (χ1v) is 12.0. The number of amides is 2. The van der Waals surface area contributed by atoms with Crippen LogP contribution < -0.4 is 26.0 Å². The molecule has 190 valence electrons. The van der Waals surface area contributed by atoms with Crippen LogP contribution in [0.5, 0.6) is 5.75 Å². The smallest absolute Gasteiger partial charge is 0.323 e. The lowest BCUT2D eigenvalue weighted by atomic mass is 9.87. The van der Waals surface area contributed by atoms with Crippen LogP contribution in [0.25, 0.3) is 0 Å². The van der Waals surface area contributed by atoms with E-state index in [-0.39, 0.29) is 11.4 Å². The topological polar surface area (TPSA) is 100 Å². The number of nitrogens with one attached hydrogen (secondary N) is 4. The predicted molar refractivity (Wildman–Crippen MR) is 151 cm³/mol. The van der Waals surface area contributed by atoms with E-state index in [1.54, 1.807) is 7.11 Å². The third-order valence-corrected chi connectivity index (χ3v) is 5.62. The molecule has 8 heteroatoms. The highest BCUT2D eigenvalue weighted by Crippen LogP contribution is 2.24. The zero-order valence-corrected chi connectivity index (χ0v) is 21.7. The van der Waals surface area contributed by atoms with Crippen molar-refractivity contribution in [2.24, 2.45) is 0 Å². The maximum absolute atomic E-state index is 12.4. The molecule has 0 aliphatic heterocycles. The number of carbonyl (C=O) groups excluding carboxylic acids is 1. The number of hydrogen-bond donors (Lipinski definition) is 4. The molecule has 1 aromatic heterocycles. The van der Waals surface area contributed by atoms with E-state index in [9.17, 15) is 4.79 Å². The van der Waals surface area contributed by atoms with E-state index in [2.05, 4.69) is 52.0 Å². The minimum absolute atomic E-state index is 0.0642. The third-order valence-electron chi connectivity index (χ3n) is 5.62. The number of urea groups is 1. The maximum atomic E-state index is 12.4. The molecule has 4 rings (SSSR count). The molecule has 0 saturated heterocycles. The van der Waals surface area contributed by atoms with Crippen LogP contribution in [-0.2, 0) is 5.41 Å². The molecule has 0 radical (unpaired) electrons. The number of nitrogens with zero attached hydrogens (tertiary/aromatic N) is 2. The quantitative estimate of drug-likeness (QED) is 0.215. The van der Waals surface area contributed by atoms with Crippen molar-refractivity contribution in [1.29, 1.82) is 0 Å². The molecule has 37 heavy (non-hydrogen) atoms. The van der Waals surface area contributed by atoms with Gasteiger partial charge in [0.2, 0.25) is 5.95 Å². The summed E-state index contributed by atoms with van der Waals surface area (Å²) in [5.74, 6) is 1.93. The second kappa shape index (κ2) is 11.0. The summed E-state index contributed by atoms with van der Waals surface area (Å²) >= 11 is 0. The highest BCUT2D eigenvalue weighted by molar-refractivity contribution is 5.99. The number of hydrogen-bond acceptors (Lipinski definition) is 6. The fourth-order valence-electron chi connectivity index (χ4n) is 3.62. The van der Waals surface area contributed by atoms with Crippen LogP contribution in [0.15, 0.2) is 78.9 Å². The Hall–Kier alpha value is -4.59. The van der Waals surface area contributed by atoms with Crippen LogP contribution in [0.4, 0.5) is 39.3 Å². The van der Waals surface area contributed by atoms with Gasteiger partial charge in [0, 0.05) is 34.5 Å². The summed E-state index contributed by atoms with van der Waals surface area (Å²) in [6, 6.07) is 24.4. The lowest BCUT2D eigenvalue weighted by Gasteiger charge is -2.19. The molecule has 8 nitrogen and oxygen atoms in total. The third kappa shape index (κ3) is 7.20. The molecule has 0 atom stereocenters. The van der Waals surface area contributed by atoms with Crippen molar-refractivity contribution < 1.29 is 9.53 Å². The van der Waals surface area contributed by atoms with E-state index in [0.717, 1.165) is 28.5 Å². The average Bonchev–Trinajstić information content (AvgIpc) is 2.85. The molecule has 0 aliphatic rings. The summed E-state index contributed by atoms with van der Waals surface area (Å²) in [6.07, 6.45) is 0. The first kappa shape index (κ1) is 25.5. The molecular weight excluding hydrogens is 464 g/mol. The lowest BCUT2D eigenvalue weighted by Crippen LogP contribution is -2.19. The van der Waals surface area contributed by atoms with E-state index >= 15 is 0 Å². The Morgan fingerprint density at radius 3 is 1.81 bits per heavy atom. The number of methoxy groups -OCH3 is 1. The van der Waals surface area contributed by atoms with Crippen molar-refractivity contribution in [2.75, 3.05) is 28.4 Å². The summed E-state index contributed by atoms with van der Waals surface area (Å²) in [6.45, 7) is 8.38. The maximum Gasteiger partial charge on any atom is 0.323 e. The second-order valence-electron chi connectivity index (χ2n) is 9.68. The van der Waals surface area contributed by atoms with E-state index in [1.807, 2.05) is 85.8 Å². The molecular formula is C29H32N6O2. The van der Waals surface area contributed by atoms with Crippen molar-refractivity contribution >= 4 is 40.5 Å². The molecule has 0 spiro atoms. The van der Waals surface area contributed by atoms with Gasteiger partial charge in [0.1, 0.15) is 11.6 Å². The number of ether oxygens (including phenoxy) is 1. The van der Waals surface area contributed by atoms with Gasteiger partial charge in [-0.3, -0.25) is 0 Å². The normalized spacial score (nSPS) is 10.9. The molecule has 2 amide bonds. The van der Waals surface area contributed by atoms with E-state index in [4.69, 9.17) is 4.74 Å². The molecule has 0 bridgehead atoms. The average molecular weight is 497 g/mol. The number of aromatic nitrogens is 2. The number of carbonyl (C=O) groups is 1. The largest absolute Gasteiger partial charge is 0.497 e. The van der Waals surface area contributed by atoms with Crippen LogP contribution in [0.3, 0.4) is 0 Å². The highest BCUT2D eigenvalue weighted by Gasteiger charge is 2.13. The van der Waals surface area contributed by atoms with Gasteiger partial charge in [-0.2, -0.15) is 4.98 Å². The minimum Gasteiger partial charge on any atom is -0.497 e. The van der Waals surface area contributed by atoms with Gasteiger partial charge in [0.05, 0.1) is 7.11 Å². The van der Waals surface area contributed by atoms with Crippen LogP contribution in [0.1, 0.15) is 32.0 Å². The number of benzene rings is 3. The van der Waals surface area contributed by atoms with Gasteiger partial charge in [0.25, 0.3) is 0 Å². The summed E-state index contributed by atoms with van der Waals surface area (Å²) in [5, 5.41) is 12.2. The van der Waals surface area contributed by atoms with Crippen molar-refractivity contribution in [3.63, 3.8) is 0 Å². The summed E-state index contributed by atoms with van der Waals surface area (Å²) in [7, 11) is 1.64. The molecule has 3 aromatic carbocycles. The Morgan fingerprint density at radius 2 is 1.24 bits per heavy atom. The second-order valence-corrected chi connectivity index (χ2v) is 9.68. The Labute approximate surface area is 217 Å². The fraction of sp³-hybridized carbons (Fsp3) is 0.207. The molecule has 0 saturated carbocycles. The fourth-order valence-corrected chi connectivity index (χ4v) is 3.62. The van der Waals surface area contributed by atoms with Crippen LogP contribution in [-0.4, -0.2) is 23.1 Å². The van der Waals surface area contributed by atoms with Gasteiger partial charge in [-0.1, -0.05) is 32.9 Å². The summed E-state index contributed by atoms with van der Waals surface area (Å²) < 4.78 is 5.20. The van der Waals surface area contributed by atoms with Crippen LogP contribution in [0.2, 0.25) is 0 Å². The van der Waals surface area contributed by atoms with E-state index < -0.39 is 0 Å². The van der Waals surface area contributed by atoms with Crippen molar-refractivity contribution in [3.05, 3.63) is 90.1 Å². The first-order valence-electron chi connectivity index (χ1n) is 12.0. The number of anilines is 6. The summed E-state index contributed by atoms with van der Waals surface area (Å²) in [4.78, 5) is 21.5. The molecule has 0 unspecified atom stereocenters. The number of rotatable bonds is 7. The van der Waals surface area contributed by atoms with Gasteiger partial charge in [0.15, 0.2) is 0 Å². The van der Waals surface area contributed by atoms with Crippen LogP contribution in [0, 0.1) is 6.92 Å². The number of aryl methyl sites for hydroxylation is 1. The van der Waals surface area contributed by atoms with Crippen molar-refractivity contribution in [3.8, 4) is 5.75 Å². The standard InChI is InChI=1S/C29H32N6O2/c1-19-18-26(31-21-14-16-25(37-5)17-15-21)35-27(30-19)32-22-10-12-24(13-11-22)34-28(36)33-23-8-6-20(7-9-23)29(2,3)4/h6-18H,1-5H3,(H2,33,34,36)(H2,30,31,32,35). The van der Waals surface area contributed by atoms with Gasteiger partial charge < -0.3 is 26.0 Å². The summed E-state index contributed by atoms with van der Waals surface area (Å²) in [5.41, 5.74) is 5.19. The predicted octanol–water partition coefficient (Wildman–Crippen LogP) is 7.22. The Kier molecular flexibility index (Phi) is 7.57. The Bertz CT molecular complexity index is 1350. The van der Waals surface area contributed by atoms with Crippen LogP contribution >= 0.6 is 0 Å². The monoisotopic (exact) mass is 496 g/mol. The first-order chi connectivity index (χ1) is 17.7. The van der Waals surface area contributed by atoms with Gasteiger partial charge in [-0.05, 0) is 78.6 Å². The SMILES string of the molecule is COc1ccc(Nc2cc(C)nc(Nc3ccc(NC(=O)Nc4ccc(C(C)(C)C)cc4)cc3)n2)cc1. The zero-order chi connectivity index (χ0) is 26.4. The van der Waals surface area contributed by atoms with Crippen molar-refractivity contribution in [1.82, 2.24) is 9.97 Å². The minimum atomic E-state index is -0.305. The Morgan fingerprint density at radius 1 is 0.730 bits per heavy atom. The molecule has 4 N–H and O–H groups in total. The Balaban J connectivity index is 1.35. The zero-order valence-electron chi connectivity index (χ0n) is 21.7. The van der Waals surface area contributed by atoms with Gasteiger partial charge >= 0.3 is 6.03 Å². The lowest BCUT2D eigenvalue weighted by molar-refractivity contribution is 0.262. The molecule has 1 heterocycles. The van der Waals surface area contributed by atoms with E-state index in [1.165, 1.54) is 5.56 Å². The van der Waals surface area contributed by atoms with Gasteiger partial charge in [-0.25, -0.2) is 9.78 Å².